The van der Waals surface area contributed by atoms with Gasteiger partial charge in [-0.2, -0.15) is 0 Å². The summed E-state index contributed by atoms with van der Waals surface area (Å²) >= 11 is 0. The highest BCUT2D eigenvalue weighted by Gasteiger charge is 2.46. The fraction of sp³-hybridized carbons (Fsp3) is 0.304. The van der Waals surface area contributed by atoms with Gasteiger partial charge in [-0.05, 0) is 24.6 Å². The van der Waals surface area contributed by atoms with Gasteiger partial charge in [0.2, 0.25) is 0 Å². The first-order valence-electron chi connectivity index (χ1n) is 9.35. The van der Waals surface area contributed by atoms with E-state index in [1.165, 1.54) is 4.90 Å². The number of Topliss-reactive ketones (excluding diaryl/α,β-unsaturated/α-hetero) is 1. The Balaban J connectivity index is 2.16. The lowest BCUT2D eigenvalue weighted by atomic mass is 9.82. The molecule has 0 saturated carbocycles. The van der Waals surface area contributed by atoms with Crippen LogP contribution in [0.3, 0.4) is 0 Å². The molecular formula is C23H25NO4. The summed E-state index contributed by atoms with van der Waals surface area (Å²) in [5.74, 6) is -0.712. The van der Waals surface area contributed by atoms with Gasteiger partial charge in [0, 0.05) is 17.2 Å². The molecule has 0 fully saturated rings. The van der Waals surface area contributed by atoms with E-state index in [4.69, 9.17) is 4.74 Å². The number of carbonyl (C=O) groups excluding carboxylic acids is 2. The number of aliphatic hydroxyl groups excluding tert-OH is 1. The van der Waals surface area contributed by atoms with Crippen LogP contribution in [0.25, 0.3) is 0 Å². The van der Waals surface area contributed by atoms with E-state index in [-0.39, 0.29) is 11.4 Å². The molecule has 5 nitrogen and oxygen atoms in total. The molecule has 1 atom stereocenters. The Bertz CT molecular complexity index is 925. The van der Waals surface area contributed by atoms with Crippen molar-refractivity contribution in [3.63, 3.8) is 0 Å². The summed E-state index contributed by atoms with van der Waals surface area (Å²) in [4.78, 5) is 27.6. The fourth-order valence-corrected chi connectivity index (χ4v) is 3.35. The molecule has 1 heterocycles. The fourth-order valence-electron chi connectivity index (χ4n) is 3.35. The minimum atomic E-state index is -0.736. The van der Waals surface area contributed by atoms with Crippen LogP contribution in [-0.4, -0.2) is 23.4 Å². The van der Waals surface area contributed by atoms with Crippen LogP contribution in [0.2, 0.25) is 0 Å². The Hall–Kier alpha value is -3.08. The second kappa shape index (κ2) is 7.50. The maximum absolute atomic E-state index is 13.1. The van der Waals surface area contributed by atoms with Gasteiger partial charge in [-0.25, -0.2) is 0 Å². The molecule has 0 saturated heterocycles. The molecule has 0 spiro atoms. The van der Waals surface area contributed by atoms with Crippen molar-refractivity contribution in [2.75, 3.05) is 11.5 Å². The van der Waals surface area contributed by atoms with E-state index in [0.29, 0.717) is 18.0 Å². The van der Waals surface area contributed by atoms with Crippen LogP contribution < -0.4 is 9.64 Å². The van der Waals surface area contributed by atoms with Crippen molar-refractivity contribution in [3.05, 3.63) is 71.5 Å². The number of anilines is 1. The molecule has 146 valence electrons. The van der Waals surface area contributed by atoms with Crippen molar-refractivity contribution < 1.29 is 19.4 Å². The van der Waals surface area contributed by atoms with Crippen molar-refractivity contribution in [1.82, 2.24) is 0 Å². The minimum Gasteiger partial charge on any atom is -0.503 e. The van der Waals surface area contributed by atoms with Gasteiger partial charge < -0.3 is 9.84 Å². The molecule has 1 amide bonds. The van der Waals surface area contributed by atoms with E-state index in [1.807, 2.05) is 37.3 Å². The molecule has 5 heteroatoms. The number of ether oxygens (including phenoxy) is 1. The van der Waals surface area contributed by atoms with Crippen molar-refractivity contribution in [2.45, 2.75) is 33.7 Å². The average Bonchev–Trinajstić information content (AvgIpc) is 2.93. The molecule has 1 unspecified atom stereocenters. The van der Waals surface area contributed by atoms with Crippen LogP contribution in [0.5, 0.6) is 5.75 Å². The van der Waals surface area contributed by atoms with E-state index in [2.05, 4.69) is 0 Å². The third-order valence-corrected chi connectivity index (χ3v) is 4.66. The molecule has 3 rings (SSSR count). The SMILES string of the molecule is CCOc1cccc(N2C(=O)C(O)=C(C(=O)C(C)(C)C)C2c2ccccc2)c1. The van der Waals surface area contributed by atoms with Crippen molar-refractivity contribution in [3.8, 4) is 5.75 Å². The summed E-state index contributed by atoms with van der Waals surface area (Å²) in [7, 11) is 0. The number of hydrogen-bond donors (Lipinski definition) is 1. The Kier molecular flexibility index (Phi) is 5.27. The number of aliphatic hydroxyl groups is 1. The minimum absolute atomic E-state index is 0.130. The van der Waals surface area contributed by atoms with Gasteiger partial charge >= 0.3 is 0 Å². The van der Waals surface area contributed by atoms with Crippen LogP contribution in [0, 0.1) is 5.41 Å². The highest BCUT2D eigenvalue weighted by Crippen LogP contribution is 2.43. The van der Waals surface area contributed by atoms with Crippen LogP contribution in [0.15, 0.2) is 65.9 Å². The smallest absolute Gasteiger partial charge is 0.294 e. The quantitative estimate of drug-likeness (QED) is 0.824. The lowest BCUT2D eigenvalue weighted by molar-refractivity contribution is -0.123. The number of ketones is 1. The Morgan fingerprint density at radius 1 is 1.11 bits per heavy atom. The third-order valence-electron chi connectivity index (χ3n) is 4.66. The summed E-state index contributed by atoms with van der Waals surface area (Å²) in [6, 6.07) is 15.7. The highest BCUT2D eigenvalue weighted by atomic mass is 16.5. The van der Waals surface area contributed by atoms with Crippen LogP contribution in [-0.2, 0) is 9.59 Å². The number of benzene rings is 2. The first-order valence-corrected chi connectivity index (χ1v) is 9.35. The maximum Gasteiger partial charge on any atom is 0.294 e. The van der Waals surface area contributed by atoms with E-state index < -0.39 is 23.1 Å². The largest absolute Gasteiger partial charge is 0.503 e. The van der Waals surface area contributed by atoms with Gasteiger partial charge in [0.25, 0.3) is 5.91 Å². The van der Waals surface area contributed by atoms with Gasteiger partial charge in [-0.15, -0.1) is 0 Å². The van der Waals surface area contributed by atoms with Gasteiger partial charge in [-0.1, -0.05) is 57.2 Å². The van der Waals surface area contributed by atoms with Gasteiger partial charge in [0.15, 0.2) is 11.5 Å². The number of amides is 1. The summed E-state index contributed by atoms with van der Waals surface area (Å²) in [5, 5.41) is 10.7. The number of rotatable bonds is 5. The summed E-state index contributed by atoms with van der Waals surface area (Å²) in [6.45, 7) is 7.71. The summed E-state index contributed by atoms with van der Waals surface area (Å²) in [5.41, 5.74) is 0.715. The van der Waals surface area contributed by atoms with E-state index in [0.717, 1.165) is 5.56 Å². The summed E-state index contributed by atoms with van der Waals surface area (Å²) in [6.07, 6.45) is 0. The van der Waals surface area contributed by atoms with E-state index in [1.54, 1.807) is 45.0 Å². The number of nitrogens with zero attached hydrogens (tertiary/aromatic N) is 1. The van der Waals surface area contributed by atoms with Crippen molar-refractivity contribution in [1.29, 1.82) is 0 Å². The molecule has 1 aliphatic heterocycles. The first-order chi connectivity index (χ1) is 13.3. The van der Waals surface area contributed by atoms with Gasteiger partial charge in [0.1, 0.15) is 5.75 Å². The van der Waals surface area contributed by atoms with Crippen LogP contribution in [0.4, 0.5) is 5.69 Å². The molecule has 1 aliphatic rings. The van der Waals surface area contributed by atoms with Gasteiger partial charge in [-0.3, -0.25) is 14.5 Å². The molecule has 0 aliphatic carbocycles. The Labute approximate surface area is 165 Å². The zero-order valence-electron chi connectivity index (χ0n) is 16.6. The highest BCUT2D eigenvalue weighted by molar-refractivity contribution is 6.17. The monoisotopic (exact) mass is 379 g/mol. The van der Waals surface area contributed by atoms with Crippen molar-refractivity contribution in [2.24, 2.45) is 5.41 Å². The average molecular weight is 379 g/mol. The maximum atomic E-state index is 13.1. The van der Waals surface area contributed by atoms with Crippen LogP contribution >= 0.6 is 0 Å². The predicted octanol–water partition coefficient (Wildman–Crippen LogP) is 4.60. The molecule has 28 heavy (non-hydrogen) atoms. The first kappa shape index (κ1) is 19.7. The molecule has 2 aromatic rings. The molecule has 0 bridgehead atoms. The molecule has 0 aromatic heterocycles. The predicted molar refractivity (Wildman–Crippen MR) is 108 cm³/mol. The Morgan fingerprint density at radius 3 is 2.39 bits per heavy atom. The lowest BCUT2D eigenvalue weighted by Crippen LogP contribution is -2.32. The zero-order valence-corrected chi connectivity index (χ0v) is 16.6. The second-order valence-electron chi connectivity index (χ2n) is 7.76. The molecular weight excluding hydrogens is 354 g/mol. The standard InChI is InChI=1S/C23H25NO4/c1-5-28-17-13-9-12-16(14-17)24-19(15-10-7-6-8-11-15)18(20(25)22(24)27)21(26)23(2,3)4/h6-14,19,25H,5H2,1-4H3. The third kappa shape index (κ3) is 3.52. The zero-order chi connectivity index (χ0) is 20.5. The number of carbonyl (C=O) groups is 2. The second-order valence-corrected chi connectivity index (χ2v) is 7.76. The van der Waals surface area contributed by atoms with E-state index >= 15 is 0 Å². The van der Waals surface area contributed by atoms with E-state index in [9.17, 15) is 14.7 Å². The Morgan fingerprint density at radius 2 is 1.79 bits per heavy atom. The van der Waals surface area contributed by atoms with Gasteiger partial charge in [0.05, 0.1) is 18.2 Å². The lowest BCUT2D eigenvalue weighted by Gasteiger charge is -2.29. The van der Waals surface area contributed by atoms with Crippen molar-refractivity contribution >= 4 is 17.4 Å². The van der Waals surface area contributed by atoms with Crippen LogP contribution in [0.1, 0.15) is 39.3 Å². The molecule has 2 aromatic carbocycles. The summed E-state index contributed by atoms with van der Waals surface area (Å²) < 4.78 is 5.56. The number of hydrogen-bond acceptors (Lipinski definition) is 4. The normalized spacial score (nSPS) is 17.2. The molecule has 0 radical (unpaired) electrons. The topological polar surface area (TPSA) is 66.8 Å². The molecule has 1 N–H and O–H groups in total.